The van der Waals surface area contributed by atoms with E-state index in [1.54, 1.807) is 4.68 Å². The molecule has 0 radical (unpaired) electrons. The fourth-order valence-corrected chi connectivity index (χ4v) is 3.38. The van der Waals surface area contributed by atoms with Crippen LogP contribution in [0.15, 0.2) is 41.1 Å². The lowest BCUT2D eigenvalue weighted by Gasteiger charge is -2.07. The molecule has 0 aliphatic rings. The molecular weight excluding hydrogens is 322 g/mol. The first-order valence-corrected chi connectivity index (χ1v) is 8.63. The molecule has 24 heavy (non-hydrogen) atoms. The summed E-state index contributed by atoms with van der Waals surface area (Å²) in [6.07, 6.45) is 0. The molecule has 1 aromatic carbocycles. The molecule has 124 valence electrons. The van der Waals surface area contributed by atoms with Gasteiger partial charge in [-0.3, -0.25) is 4.79 Å². The van der Waals surface area contributed by atoms with Crippen molar-refractivity contribution in [2.45, 2.75) is 20.4 Å². The zero-order chi connectivity index (χ0) is 17.1. The first-order chi connectivity index (χ1) is 11.6. The third-order valence-corrected chi connectivity index (χ3v) is 4.72. The van der Waals surface area contributed by atoms with E-state index < -0.39 is 0 Å². The number of rotatable bonds is 5. The van der Waals surface area contributed by atoms with Gasteiger partial charge in [0.1, 0.15) is 5.82 Å². The van der Waals surface area contributed by atoms with Crippen LogP contribution in [0.4, 0.5) is 5.82 Å². The molecule has 0 atom stereocenters. The zero-order valence-corrected chi connectivity index (χ0v) is 14.4. The summed E-state index contributed by atoms with van der Waals surface area (Å²) in [5, 5.41) is 20.5. The maximum Gasteiger partial charge on any atom is 0.257 e. The van der Waals surface area contributed by atoms with Crippen LogP contribution < -0.4 is 5.32 Å². The van der Waals surface area contributed by atoms with Crippen molar-refractivity contribution in [1.29, 1.82) is 0 Å². The molecule has 2 N–H and O–H groups in total. The summed E-state index contributed by atoms with van der Waals surface area (Å²) in [6, 6.07) is 9.80. The molecule has 2 heterocycles. The van der Waals surface area contributed by atoms with E-state index in [9.17, 15) is 9.90 Å². The molecule has 5 nitrogen and oxygen atoms in total. The number of amides is 1. The highest BCUT2D eigenvalue weighted by Crippen LogP contribution is 2.25. The summed E-state index contributed by atoms with van der Waals surface area (Å²) in [6.45, 7) is 4.21. The van der Waals surface area contributed by atoms with E-state index in [0.717, 1.165) is 22.4 Å². The predicted octanol–water partition coefficient (Wildman–Crippen LogP) is 3.47. The van der Waals surface area contributed by atoms with Crippen molar-refractivity contribution in [3.8, 4) is 11.3 Å². The number of aromatic nitrogens is 2. The van der Waals surface area contributed by atoms with Gasteiger partial charge in [-0.05, 0) is 30.4 Å². The quantitative estimate of drug-likeness (QED) is 0.747. The van der Waals surface area contributed by atoms with E-state index in [4.69, 9.17) is 0 Å². The minimum atomic E-state index is -0.163. The van der Waals surface area contributed by atoms with E-state index in [-0.39, 0.29) is 12.5 Å². The van der Waals surface area contributed by atoms with Gasteiger partial charge in [0.25, 0.3) is 5.91 Å². The van der Waals surface area contributed by atoms with Crippen molar-refractivity contribution < 1.29 is 9.90 Å². The average Bonchev–Trinajstić information content (AvgIpc) is 3.15. The van der Waals surface area contributed by atoms with Crippen LogP contribution in [-0.4, -0.2) is 27.4 Å². The van der Waals surface area contributed by atoms with Crippen molar-refractivity contribution in [2.24, 2.45) is 0 Å². The van der Waals surface area contributed by atoms with Crippen LogP contribution in [0, 0.1) is 13.8 Å². The van der Waals surface area contributed by atoms with Crippen LogP contribution in [0.25, 0.3) is 11.3 Å². The van der Waals surface area contributed by atoms with Crippen LogP contribution in [0.5, 0.6) is 0 Å². The molecule has 0 fully saturated rings. The van der Waals surface area contributed by atoms with Gasteiger partial charge in [0.2, 0.25) is 0 Å². The summed E-state index contributed by atoms with van der Waals surface area (Å²) in [4.78, 5) is 12.5. The highest BCUT2D eigenvalue weighted by atomic mass is 32.1. The average molecular weight is 341 g/mol. The molecule has 0 spiro atoms. The number of aliphatic hydroxyl groups is 1. The molecule has 0 bridgehead atoms. The number of carbonyl (C=O) groups is 1. The number of thiophene rings is 1. The predicted molar refractivity (Wildman–Crippen MR) is 96.5 cm³/mol. The highest BCUT2D eigenvalue weighted by molar-refractivity contribution is 7.08. The molecule has 0 saturated carbocycles. The molecular formula is C18H19N3O2S. The van der Waals surface area contributed by atoms with Crippen LogP contribution in [0.1, 0.15) is 21.5 Å². The lowest BCUT2D eigenvalue weighted by Crippen LogP contribution is -2.16. The van der Waals surface area contributed by atoms with Crippen molar-refractivity contribution in [1.82, 2.24) is 9.78 Å². The standard InChI is InChI=1S/C18H19N3O2S/c1-12-5-3-4-6-14(12)16-9-17(21(20-16)7-8-22)19-18(23)15-11-24-10-13(15)2/h3-6,9-11,22H,7-8H2,1-2H3,(H,19,23). The Hall–Kier alpha value is -2.44. The minimum Gasteiger partial charge on any atom is -0.394 e. The van der Waals surface area contributed by atoms with Gasteiger partial charge in [-0.25, -0.2) is 4.68 Å². The Balaban J connectivity index is 1.94. The number of aliphatic hydroxyl groups excluding tert-OH is 1. The number of anilines is 1. The number of hydrogen-bond donors (Lipinski definition) is 2. The van der Waals surface area contributed by atoms with E-state index in [0.29, 0.717) is 17.9 Å². The summed E-state index contributed by atoms with van der Waals surface area (Å²) in [7, 11) is 0. The van der Waals surface area contributed by atoms with Crippen molar-refractivity contribution >= 4 is 23.1 Å². The Morgan fingerprint density at radius 2 is 2.04 bits per heavy atom. The molecule has 0 aliphatic carbocycles. The van der Waals surface area contributed by atoms with Gasteiger partial charge < -0.3 is 10.4 Å². The Bertz CT molecular complexity index is 867. The fraction of sp³-hybridized carbons (Fsp3) is 0.222. The van der Waals surface area contributed by atoms with Crippen LogP contribution in [-0.2, 0) is 6.54 Å². The Morgan fingerprint density at radius 1 is 1.25 bits per heavy atom. The van der Waals surface area contributed by atoms with Gasteiger partial charge in [-0.2, -0.15) is 16.4 Å². The monoisotopic (exact) mass is 341 g/mol. The number of hydrogen-bond acceptors (Lipinski definition) is 4. The number of nitrogens with one attached hydrogen (secondary N) is 1. The topological polar surface area (TPSA) is 67.2 Å². The van der Waals surface area contributed by atoms with Crippen molar-refractivity contribution in [2.75, 3.05) is 11.9 Å². The second-order valence-electron chi connectivity index (χ2n) is 5.60. The molecule has 0 unspecified atom stereocenters. The van der Waals surface area contributed by atoms with Crippen molar-refractivity contribution in [3.63, 3.8) is 0 Å². The van der Waals surface area contributed by atoms with Gasteiger partial charge in [0.15, 0.2) is 0 Å². The summed E-state index contributed by atoms with van der Waals surface area (Å²) in [5.74, 6) is 0.419. The largest absolute Gasteiger partial charge is 0.394 e. The number of benzene rings is 1. The summed E-state index contributed by atoms with van der Waals surface area (Å²) in [5.41, 5.74) is 4.51. The van der Waals surface area contributed by atoms with Gasteiger partial charge in [0, 0.05) is 17.0 Å². The van der Waals surface area contributed by atoms with Gasteiger partial charge in [-0.15, -0.1) is 0 Å². The number of carbonyl (C=O) groups excluding carboxylic acids is 1. The third-order valence-electron chi connectivity index (χ3n) is 3.85. The van der Waals surface area contributed by atoms with Gasteiger partial charge in [-0.1, -0.05) is 24.3 Å². The number of aryl methyl sites for hydroxylation is 2. The van der Waals surface area contributed by atoms with E-state index in [1.807, 2.05) is 54.9 Å². The van der Waals surface area contributed by atoms with E-state index in [2.05, 4.69) is 10.4 Å². The zero-order valence-electron chi connectivity index (χ0n) is 13.6. The minimum absolute atomic E-state index is 0.0464. The normalized spacial score (nSPS) is 10.8. The maximum atomic E-state index is 12.5. The molecule has 1 amide bonds. The smallest absolute Gasteiger partial charge is 0.257 e. The third kappa shape index (κ3) is 3.25. The summed E-state index contributed by atoms with van der Waals surface area (Å²) >= 11 is 1.50. The molecule has 6 heteroatoms. The maximum absolute atomic E-state index is 12.5. The Kier molecular flexibility index (Phi) is 4.78. The second-order valence-corrected chi connectivity index (χ2v) is 6.34. The lowest BCUT2D eigenvalue weighted by molar-refractivity contribution is 0.102. The van der Waals surface area contributed by atoms with E-state index >= 15 is 0 Å². The molecule has 3 aromatic rings. The Morgan fingerprint density at radius 3 is 2.71 bits per heavy atom. The molecule has 0 saturated heterocycles. The van der Waals surface area contributed by atoms with Crippen LogP contribution in [0.2, 0.25) is 0 Å². The number of nitrogens with zero attached hydrogens (tertiary/aromatic N) is 2. The fourth-order valence-electron chi connectivity index (χ4n) is 2.55. The Labute approximate surface area is 144 Å². The molecule has 3 rings (SSSR count). The van der Waals surface area contributed by atoms with Crippen LogP contribution in [0.3, 0.4) is 0 Å². The first kappa shape index (κ1) is 16.4. The highest BCUT2D eigenvalue weighted by Gasteiger charge is 2.15. The first-order valence-electron chi connectivity index (χ1n) is 7.69. The summed E-state index contributed by atoms with van der Waals surface area (Å²) < 4.78 is 1.63. The molecule has 0 aliphatic heterocycles. The van der Waals surface area contributed by atoms with E-state index in [1.165, 1.54) is 11.3 Å². The molecule has 2 aromatic heterocycles. The van der Waals surface area contributed by atoms with Crippen molar-refractivity contribution in [3.05, 3.63) is 57.8 Å². The van der Waals surface area contributed by atoms with Gasteiger partial charge in [0.05, 0.1) is 24.4 Å². The SMILES string of the molecule is Cc1cscc1C(=O)Nc1cc(-c2ccccc2C)nn1CCO. The van der Waals surface area contributed by atoms with Crippen LogP contribution >= 0.6 is 11.3 Å². The van der Waals surface area contributed by atoms with Gasteiger partial charge >= 0.3 is 0 Å². The second kappa shape index (κ2) is 6.98. The lowest BCUT2D eigenvalue weighted by atomic mass is 10.1.